The molecular formula is C11H21NO3. The monoisotopic (exact) mass is 215 g/mol. The second-order valence-corrected chi connectivity index (χ2v) is 4.86. The van der Waals surface area contributed by atoms with E-state index >= 15 is 0 Å². The Labute approximate surface area is 91.3 Å². The second kappa shape index (κ2) is 5.05. The van der Waals surface area contributed by atoms with Gasteiger partial charge < -0.3 is 15.2 Å². The average molecular weight is 215 g/mol. The first-order valence-electron chi connectivity index (χ1n) is 5.00. The maximum Gasteiger partial charge on any atom is 0.408 e. The van der Waals surface area contributed by atoms with Crippen molar-refractivity contribution in [2.75, 3.05) is 0 Å². The molecular weight excluding hydrogens is 194 g/mol. The van der Waals surface area contributed by atoms with Crippen molar-refractivity contribution in [3.63, 3.8) is 0 Å². The Hall–Kier alpha value is -1.19. The van der Waals surface area contributed by atoms with Crippen molar-refractivity contribution in [2.45, 2.75) is 46.3 Å². The third-order valence-electron chi connectivity index (χ3n) is 1.70. The molecule has 0 fully saturated rings. The number of carbonyl (C=O) groups is 1. The average Bonchev–Trinajstić information content (AvgIpc) is 1.95. The largest absolute Gasteiger partial charge is 0.511 e. The Balaban J connectivity index is 4.31. The van der Waals surface area contributed by atoms with E-state index in [1.165, 1.54) is 0 Å². The predicted molar refractivity (Wildman–Crippen MR) is 59.8 cm³/mol. The van der Waals surface area contributed by atoms with Gasteiger partial charge in [-0.25, -0.2) is 4.79 Å². The number of hydrogen-bond acceptors (Lipinski definition) is 3. The molecule has 0 radical (unpaired) electrons. The smallest absolute Gasteiger partial charge is 0.408 e. The van der Waals surface area contributed by atoms with Crippen LogP contribution in [0.3, 0.4) is 0 Å². The zero-order valence-electron chi connectivity index (χ0n) is 10.1. The van der Waals surface area contributed by atoms with E-state index in [9.17, 15) is 9.90 Å². The van der Waals surface area contributed by atoms with Crippen LogP contribution in [0.2, 0.25) is 0 Å². The molecule has 88 valence electrons. The lowest BCUT2D eigenvalue weighted by molar-refractivity contribution is 0.0487. The lowest BCUT2D eigenvalue weighted by Gasteiger charge is -2.25. The Morgan fingerprint density at radius 2 is 1.87 bits per heavy atom. The summed E-state index contributed by atoms with van der Waals surface area (Å²) < 4.78 is 5.07. The summed E-state index contributed by atoms with van der Waals surface area (Å²) in [6, 6.07) is -0.472. The van der Waals surface area contributed by atoms with E-state index in [2.05, 4.69) is 11.9 Å². The summed E-state index contributed by atoms with van der Waals surface area (Å²) >= 11 is 0. The van der Waals surface area contributed by atoms with E-state index in [0.29, 0.717) is 0 Å². The molecule has 0 saturated carbocycles. The van der Waals surface area contributed by atoms with Crippen LogP contribution in [-0.2, 0) is 4.74 Å². The van der Waals surface area contributed by atoms with Gasteiger partial charge in [-0.3, -0.25) is 0 Å². The molecule has 0 bridgehead atoms. The molecule has 4 heteroatoms. The van der Waals surface area contributed by atoms with Crippen LogP contribution in [0.25, 0.3) is 0 Å². The molecule has 0 aliphatic heterocycles. The van der Waals surface area contributed by atoms with Crippen LogP contribution in [0, 0.1) is 5.92 Å². The molecule has 0 aliphatic rings. The molecule has 1 atom stereocenters. The number of alkyl carbamates (subject to hydrolysis) is 1. The number of carbonyl (C=O) groups excluding carboxylic acids is 1. The van der Waals surface area contributed by atoms with Gasteiger partial charge in [-0.1, -0.05) is 20.4 Å². The van der Waals surface area contributed by atoms with Gasteiger partial charge in [0, 0.05) is 0 Å². The maximum atomic E-state index is 11.4. The van der Waals surface area contributed by atoms with E-state index in [0.717, 1.165) is 0 Å². The Kier molecular flexibility index (Phi) is 4.65. The van der Waals surface area contributed by atoms with Crippen LogP contribution in [0.1, 0.15) is 34.6 Å². The first kappa shape index (κ1) is 13.8. The van der Waals surface area contributed by atoms with Crippen LogP contribution in [0.15, 0.2) is 12.3 Å². The number of aliphatic hydroxyl groups excluding tert-OH is 1. The van der Waals surface area contributed by atoms with E-state index in [1.807, 2.05) is 13.8 Å². The van der Waals surface area contributed by atoms with Crippen molar-refractivity contribution in [2.24, 2.45) is 5.92 Å². The minimum atomic E-state index is -0.545. The predicted octanol–water partition coefficient (Wildman–Crippen LogP) is 2.61. The second-order valence-electron chi connectivity index (χ2n) is 4.86. The summed E-state index contributed by atoms with van der Waals surface area (Å²) in [5, 5.41) is 11.8. The number of hydrogen-bond donors (Lipinski definition) is 2. The fourth-order valence-corrected chi connectivity index (χ4v) is 1.07. The number of nitrogens with one attached hydrogen (secondary N) is 1. The lowest BCUT2D eigenvalue weighted by Crippen LogP contribution is -2.42. The van der Waals surface area contributed by atoms with Crippen molar-refractivity contribution >= 4 is 6.09 Å². The van der Waals surface area contributed by atoms with Crippen LogP contribution < -0.4 is 5.32 Å². The van der Waals surface area contributed by atoms with Crippen LogP contribution >= 0.6 is 0 Å². The van der Waals surface area contributed by atoms with Crippen LogP contribution in [0.5, 0.6) is 0 Å². The SMILES string of the molecule is C=C(O)[C@@H](NC(=O)OC(C)(C)C)C(C)C. The minimum Gasteiger partial charge on any atom is -0.511 e. The summed E-state index contributed by atoms with van der Waals surface area (Å²) in [5.74, 6) is 0.00544. The van der Waals surface area contributed by atoms with Crippen molar-refractivity contribution < 1.29 is 14.6 Å². The highest BCUT2D eigenvalue weighted by Crippen LogP contribution is 2.11. The molecule has 1 amide bonds. The van der Waals surface area contributed by atoms with Gasteiger partial charge in [-0.15, -0.1) is 0 Å². The Morgan fingerprint density at radius 1 is 1.40 bits per heavy atom. The third kappa shape index (κ3) is 5.99. The van der Waals surface area contributed by atoms with E-state index in [1.54, 1.807) is 20.8 Å². The summed E-state index contributed by atoms with van der Waals surface area (Å²) in [6.45, 7) is 12.5. The molecule has 0 aromatic heterocycles. The minimum absolute atomic E-state index is 0.0594. The van der Waals surface area contributed by atoms with Crippen LogP contribution in [0.4, 0.5) is 4.79 Å². The zero-order valence-corrected chi connectivity index (χ0v) is 10.1. The molecule has 0 unspecified atom stereocenters. The summed E-state index contributed by atoms with van der Waals surface area (Å²) in [5.41, 5.74) is -0.539. The molecule has 0 aromatic carbocycles. The maximum absolute atomic E-state index is 11.4. The highest BCUT2D eigenvalue weighted by atomic mass is 16.6. The highest BCUT2D eigenvalue weighted by Gasteiger charge is 2.22. The first-order valence-corrected chi connectivity index (χ1v) is 5.00. The fraction of sp³-hybridized carbons (Fsp3) is 0.727. The van der Waals surface area contributed by atoms with Crippen molar-refractivity contribution in [1.29, 1.82) is 0 Å². The first-order chi connectivity index (χ1) is 6.63. The summed E-state index contributed by atoms with van der Waals surface area (Å²) in [6.07, 6.45) is -0.545. The normalized spacial score (nSPS) is 13.5. The van der Waals surface area contributed by atoms with Gasteiger partial charge in [0.05, 0.1) is 6.04 Å². The standard InChI is InChI=1S/C11H21NO3/c1-7(2)9(8(3)13)12-10(14)15-11(4,5)6/h7,9,13H,3H2,1-2,4-6H3,(H,12,14)/t9-/m0/s1. The van der Waals surface area contributed by atoms with Crippen LogP contribution in [-0.4, -0.2) is 22.8 Å². The van der Waals surface area contributed by atoms with E-state index in [-0.39, 0.29) is 11.7 Å². The van der Waals surface area contributed by atoms with E-state index < -0.39 is 17.7 Å². The van der Waals surface area contributed by atoms with Crippen molar-refractivity contribution in [3.8, 4) is 0 Å². The van der Waals surface area contributed by atoms with Gasteiger partial charge in [0.2, 0.25) is 0 Å². The molecule has 0 saturated heterocycles. The molecule has 15 heavy (non-hydrogen) atoms. The van der Waals surface area contributed by atoms with Crippen molar-refractivity contribution in [1.82, 2.24) is 5.32 Å². The third-order valence-corrected chi connectivity index (χ3v) is 1.70. The molecule has 0 aliphatic carbocycles. The molecule has 0 rings (SSSR count). The zero-order chi connectivity index (χ0) is 12.2. The van der Waals surface area contributed by atoms with Gasteiger partial charge >= 0.3 is 6.09 Å². The van der Waals surface area contributed by atoms with Gasteiger partial charge in [0.15, 0.2) is 0 Å². The number of ether oxygens (including phenoxy) is 1. The Morgan fingerprint density at radius 3 is 2.13 bits per heavy atom. The summed E-state index contributed by atoms with van der Waals surface area (Å²) in [4.78, 5) is 11.4. The topological polar surface area (TPSA) is 58.6 Å². The number of amides is 1. The van der Waals surface area contributed by atoms with Crippen molar-refractivity contribution in [3.05, 3.63) is 12.3 Å². The molecule has 4 nitrogen and oxygen atoms in total. The van der Waals surface area contributed by atoms with E-state index in [4.69, 9.17) is 4.74 Å². The fourth-order valence-electron chi connectivity index (χ4n) is 1.07. The lowest BCUT2D eigenvalue weighted by atomic mass is 10.0. The molecule has 0 spiro atoms. The quantitative estimate of drug-likeness (QED) is 0.711. The molecule has 0 aromatic rings. The van der Waals surface area contributed by atoms with Gasteiger partial charge in [0.1, 0.15) is 11.4 Å². The number of aliphatic hydroxyl groups is 1. The molecule has 2 N–H and O–H groups in total. The molecule has 0 heterocycles. The summed E-state index contributed by atoms with van der Waals surface area (Å²) in [7, 11) is 0. The van der Waals surface area contributed by atoms with Gasteiger partial charge in [-0.2, -0.15) is 0 Å². The Bertz CT molecular complexity index is 241. The van der Waals surface area contributed by atoms with Gasteiger partial charge in [-0.05, 0) is 26.7 Å². The highest BCUT2D eigenvalue weighted by molar-refractivity contribution is 5.68. The van der Waals surface area contributed by atoms with Gasteiger partial charge in [0.25, 0.3) is 0 Å². The number of rotatable bonds is 3.